The van der Waals surface area contributed by atoms with E-state index in [1.807, 2.05) is 73.7 Å². The molecule has 0 bridgehead atoms. The summed E-state index contributed by atoms with van der Waals surface area (Å²) >= 11 is 6.26. The summed E-state index contributed by atoms with van der Waals surface area (Å²) in [6.07, 6.45) is 1.79. The number of hydrogen-bond donors (Lipinski definition) is 0. The van der Waals surface area contributed by atoms with Gasteiger partial charge in [-0.2, -0.15) is 0 Å². The lowest BCUT2D eigenvalue weighted by Crippen LogP contribution is -2.04. The van der Waals surface area contributed by atoms with Crippen molar-refractivity contribution >= 4 is 17.4 Å². The molecule has 132 valence electrons. The highest BCUT2D eigenvalue weighted by Gasteiger charge is 2.17. The fourth-order valence-corrected chi connectivity index (χ4v) is 3.18. The fraction of sp³-hybridized carbons (Fsp3) is 0.0455. The van der Waals surface area contributed by atoms with Gasteiger partial charge < -0.3 is 0 Å². The Kier molecular flexibility index (Phi) is 4.57. The van der Waals surface area contributed by atoms with E-state index in [-0.39, 0.29) is 5.78 Å². The van der Waals surface area contributed by atoms with E-state index < -0.39 is 0 Å². The summed E-state index contributed by atoms with van der Waals surface area (Å²) < 4.78 is 1.62. The van der Waals surface area contributed by atoms with Crippen molar-refractivity contribution in [2.75, 3.05) is 0 Å². The number of carbonyl (C=O) groups is 1. The highest BCUT2D eigenvalue weighted by atomic mass is 35.5. The Bertz CT molecular complexity index is 1120. The zero-order valence-electron chi connectivity index (χ0n) is 14.6. The number of hydrogen-bond acceptors (Lipinski definition) is 3. The molecule has 4 rings (SSSR count). The van der Waals surface area contributed by atoms with Crippen LogP contribution in [0.2, 0.25) is 5.02 Å². The van der Waals surface area contributed by atoms with Gasteiger partial charge in [0, 0.05) is 16.7 Å². The Morgan fingerprint density at radius 2 is 1.70 bits per heavy atom. The van der Waals surface area contributed by atoms with Gasteiger partial charge in [0.2, 0.25) is 0 Å². The summed E-state index contributed by atoms with van der Waals surface area (Å²) in [7, 11) is 0. The lowest BCUT2D eigenvalue weighted by Gasteiger charge is -2.08. The van der Waals surface area contributed by atoms with E-state index in [2.05, 4.69) is 10.3 Å². The Hall–Kier alpha value is -3.24. The third-order valence-corrected chi connectivity index (χ3v) is 4.64. The van der Waals surface area contributed by atoms with Crippen molar-refractivity contribution in [3.05, 3.63) is 101 Å². The predicted octanol–water partition coefficient (Wildman–Crippen LogP) is 5.13. The Balaban J connectivity index is 1.80. The second-order valence-corrected chi connectivity index (χ2v) is 6.65. The van der Waals surface area contributed by atoms with Crippen LogP contribution in [-0.4, -0.2) is 20.8 Å². The lowest BCUT2D eigenvalue weighted by molar-refractivity contribution is 0.103. The molecule has 0 unspecified atom stereocenters. The van der Waals surface area contributed by atoms with E-state index in [4.69, 9.17) is 11.6 Å². The number of halogens is 1. The van der Waals surface area contributed by atoms with Crippen LogP contribution in [0.3, 0.4) is 0 Å². The minimum atomic E-state index is -0.0436. The molecule has 4 nitrogen and oxygen atoms in total. The molecule has 0 spiro atoms. The lowest BCUT2D eigenvalue weighted by atomic mass is 9.95. The summed E-state index contributed by atoms with van der Waals surface area (Å²) in [6, 6.07) is 22.4. The molecule has 0 saturated heterocycles. The second kappa shape index (κ2) is 7.17. The summed E-state index contributed by atoms with van der Waals surface area (Å²) in [4.78, 5) is 13.0. The van der Waals surface area contributed by atoms with Gasteiger partial charge >= 0.3 is 0 Å². The highest BCUT2D eigenvalue weighted by molar-refractivity contribution is 6.32. The molecule has 0 N–H and O–H groups in total. The molecule has 0 aliphatic rings. The molecule has 0 aliphatic heterocycles. The van der Waals surface area contributed by atoms with Crippen LogP contribution in [0.4, 0.5) is 0 Å². The minimum absolute atomic E-state index is 0.0436. The smallest absolute Gasteiger partial charge is 0.193 e. The van der Waals surface area contributed by atoms with Crippen molar-refractivity contribution in [1.82, 2.24) is 15.0 Å². The van der Waals surface area contributed by atoms with E-state index in [0.29, 0.717) is 21.8 Å². The van der Waals surface area contributed by atoms with Gasteiger partial charge in [0.05, 0.1) is 16.9 Å². The molecule has 0 atom stereocenters. The predicted molar refractivity (Wildman–Crippen MR) is 106 cm³/mol. The van der Waals surface area contributed by atoms with E-state index in [0.717, 1.165) is 16.8 Å². The molecular formula is C22H16ClN3O. The number of aryl methyl sites for hydroxylation is 1. The van der Waals surface area contributed by atoms with E-state index >= 15 is 0 Å². The molecule has 27 heavy (non-hydrogen) atoms. The summed E-state index contributed by atoms with van der Waals surface area (Å²) in [5.41, 5.74) is 4.39. The molecular weight excluding hydrogens is 358 g/mol. The van der Waals surface area contributed by atoms with Crippen molar-refractivity contribution in [2.45, 2.75) is 6.92 Å². The fourth-order valence-electron chi connectivity index (χ4n) is 2.96. The van der Waals surface area contributed by atoms with Gasteiger partial charge in [-0.15, -0.1) is 5.10 Å². The first kappa shape index (κ1) is 17.2. The van der Waals surface area contributed by atoms with Crippen molar-refractivity contribution in [3.8, 4) is 16.9 Å². The largest absolute Gasteiger partial charge is 0.289 e. The molecule has 0 amide bonds. The molecule has 0 saturated carbocycles. The average Bonchev–Trinajstić information content (AvgIpc) is 3.18. The van der Waals surface area contributed by atoms with Crippen molar-refractivity contribution < 1.29 is 4.79 Å². The normalized spacial score (nSPS) is 10.7. The Labute approximate surface area is 162 Å². The Morgan fingerprint density at radius 1 is 0.963 bits per heavy atom. The molecule has 4 aromatic rings. The van der Waals surface area contributed by atoms with E-state index in [1.165, 1.54) is 0 Å². The number of ketones is 1. The number of para-hydroxylation sites is 1. The summed E-state index contributed by atoms with van der Waals surface area (Å²) in [5.74, 6) is -0.0436. The zero-order valence-corrected chi connectivity index (χ0v) is 15.4. The number of benzene rings is 3. The van der Waals surface area contributed by atoms with Crippen LogP contribution in [0.25, 0.3) is 16.9 Å². The molecule has 0 fully saturated rings. The first-order valence-corrected chi connectivity index (χ1v) is 8.89. The highest BCUT2D eigenvalue weighted by Crippen LogP contribution is 2.27. The van der Waals surface area contributed by atoms with Gasteiger partial charge in [-0.05, 0) is 25.1 Å². The van der Waals surface area contributed by atoms with Gasteiger partial charge in [0.25, 0.3) is 0 Å². The molecule has 1 heterocycles. The third-order valence-electron chi connectivity index (χ3n) is 4.32. The van der Waals surface area contributed by atoms with E-state index in [9.17, 15) is 4.79 Å². The molecule has 0 radical (unpaired) electrons. The number of rotatable bonds is 4. The van der Waals surface area contributed by atoms with Gasteiger partial charge in [0.15, 0.2) is 5.78 Å². The summed E-state index contributed by atoms with van der Waals surface area (Å²) in [5, 5.41) is 9.06. The minimum Gasteiger partial charge on any atom is -0.289 e. The Morgan fingerprint density at radius 3 is 2.48 bits per heavy atom. The van der Waals surface area contributed by atoms with Gasteiger partial charge in [-0.3, -0.25) is 4.79 Å². The van der Waals surface area contributed by atoms with Crippen LogP contribution >= 0.6 is 11.6 Å². The third kappa shape index (κ3) is 3.39. The maximum Gasteiger partial charge on any atom is 0.193 e. The van der Waals surface area contributed by atoms with Crippen molar-refractivity contribution in [2.24, 2.45) is 0 Å². The first-order valence-electron chi connectivity index (χ1n) is 8.51. The van der Waals surface area contributed by atoms with Crippen LogP contribution in [0, 0.1) is 6.92 Å². The number of nitrogens with zero attached hydrogens (tertiary/aromatic N) is 3. The van der Waals surface area contributed by atoms with Crippen LogP contribution in [-0.2, 0) is 0 Å². The maximum atomic E-state index is 13.0. The first-order chi connectivity index (χ1) is 13.1. The second-order valence-electron chi connectivity index (χ2n) is 6.24. The molecule has 5 heteroatoms. The average molecular weight is 374 g/mol. The van der Waals surface area contributed by atoms with Crippen molar-refractivity contribution in [1.29, 1.82) is 0 Å². The molecule has 1 aromatic heterocycles. The van der Waals surface area contributed by atoms with Gasteiger partial charge in [-0.25, -0.2) is 4.68 Å². The van der Waals surface area contributed by atoms with Crippen molar-refractivity contribution in [3.63, 3.8) is 0 Å². The monoisotopic (exact) mass is 373 g/mol. The standard InChI is InChI=1S/C22H16ClN3O/c1-15-11-12-17(22(27)16-7-3-2-4-8-16)18(13-15)20-14-26(25-24-20)21-10-6-5-9-19(21)23/h2-14H,1H3. The van der Waals surface area contributed by atoms with Crippen LogP contribution in [0.15, 0.2) is 79.0 Å². The topological polar surface area (TPSA) is 47.8 Å². The summed E-state index contributed by atoms with van der Waals surface area (Å²) in [6.45, 7) is 1.98. The number of carbonyl (C=O) groups excluding carboxylic acids is 1. The van der Waals surface area contributed by atoms with Crippen LogP contribution < -0.4 is 0 Å². The maximum absolute atomic E-state index is 13.0. The van der Waals surface area contributed by atoms with Gasteiger partial charge in [0.1, 0.15) is 5.69 Å². The SMILES string of the molecule is Cc1ccc(C(=O)c2ccccc2)c(-c2cn(-c3ccccc3Cl)nn2)c1. The quantitative estimate of drug-likeness (QED) is 0.466. The van der Waals surface area contributed by atoms with Crippen LogP contribution in [0.1, 0.15) is 21.5 Å². The van der Waals surface area contributed by atoms with Gasteiger partial charge in [-0.1, -0.05) is 77.0 Å². The zero-order chi connectivity index (χ0) is 18.8. The van der Waals surface area contributed by atoms with E-state index in [1.54, 1.807) is 16.9 Å². The number of aromatic nitrogens is 3. The molecule has 3 aromatic carbocycles. The van der Waals surface area contributed by atoms with Crippen LogP contribution in [0.5, 0.6) is 0 Å². The molecule has 0 aliphatic carbocycles.